The summed E-state index contributed by atoms with van der Waals surface area (Å²) in [5, 5.41) is 0. The zero-order valence-corrected chi connectivity index (χ0v) is 17.1. The third-order valence-corrected chi connectivity index (χ3v) is 7.79. The standard InChI is InChI=1S/C23H30N2O3/c1-22(13-16-8-7-9-17(12-16)14-22)23(2)20(27)25(21(28)24(23)3)15-19(26)18-10-5-4-6-11-18/h4-6,10-11,16-17H,7-9,12-15H2,1-3H3/t16-,17+,22?,23?. The number of hydrogen-bond donors (Lipinski definition) is 0. The Balaban J connectivity index is 1.61. The van der Waals surface area contributed by atoms with Crippen LogP contribution < -0.4 is 0 Å². The fourth-order valence-electron chi connectivity index (χ4n) is 6.06. The van der Waals surface area contributed by atoms with E-state index in [2.05, 4.69) is 6.92 Å². The zero-order valence-electron chi connectivity index (χ0n) is 17.1. The molecule has 28 heavy (non-hydrogen) atoms. The van der Waals surface area contributed by atoms with Gasteiger partial charge in [-0.1, -0.05) is 56.5 Å². The van der Waals surface area contributed by atoms with Gasteiger partial charge in [-0.2, -0.15) is 0 Å². The van der Waals surface area contributed by atoms with Crippen molar-refractivity contribution in [2.24, 2.45) is 17.3 Å². The normalized spacial score (nSPS) is 35.4. The summed E-state index contributed by atoms with van der Waals surface area (Å²) in [6.07, 6.45) is 6.94. The summed E-state index contributed by atoms with van der Waals surface area (Å²) in [7, 11) is 1.73. The van der Waals surface area contributed by atoms with Crippen molar-refractivity contribution in [2.75, 3.05) is 13.6 Å². The van der Waals surface area contributed by atoms with Crippen molar-refractivity contribution in [1.29, 1.82) is 0 Å². The van der Waals surface area contributed by atoms with Gasteiger partial charge in [0.25, 0.3) is 5.91 Å². The predicted octanol–water partition coefficient (Wildman–Crippen LogP) is 4.13. The molecule has 3 amide bonds. The predicted molar refractivity (Wildman–Crippen MR) is 107 cm³/mol. The highest BCUT2D eigenvalue weighted by Gasteiger charge is 2.63. The average molecular weight is 383 g/mol. The van der Waals surface area contributed by atoms with E-state index in [9.17, 15) is 14.4 Å². The second-order valence-corrected chi connectivity index (χ2v) is 9.46. The van der Waals surface area contributed by atoms with Crippen LogP contribution >= 0.6 is 0 Å². The van der Waals surface area contributed by atoms with Crippen LogP contribution in [0.1, 0.15) is 62.7 Å². The van der Waals surface area contributed by atoms with E-state index in [4.69, 9.17) is 0 Å². The van der Waals surface area contributed by atoms with Gasteiger partial charge in [-0.15, -0.1) is 0 Å². The fourth-order valence-corrected chi connectivity index (χ4v) is 6.06. The largest absolute Gasteiger partial charge is 0.327 e. The Hall–Kier alpha value is -2.17. The molecule has 5 heteroatoms. The van der Waals surface area contributed by atoms with Gasteiger partial charge in [-0.3, -0.25) is 14.5 Å². The van der Waals surface area contributed by atoms with Gasteiger partial charge in [-0.25, -0.2) is 4.79 Å². The van der Waals surface area contributed by atoms with Gasteiger partial charge in [0.1, 0.15) is 5.54 Å². The molecule has 0 N–H and O–H groups in total. The van der Waals surface area contributed by atoms with Crippen molar-refractivity contribution in [3.63, 3.8) is 0 Å². The Morgan fingerprint density at radius 1 is 1.07 bits per heavy atom. The molecule has 1 aliphatic heterocycles. The quantitative estimate of drug-likeness (QED) is 0.581. The Labute approximate surface area is 167 Å². The molecule has 1 aromatic carbocycles. The van der Waals surface area contributed by atoms with E-state index >= 15 is 0 Å². The lowest BCUT2D eigenvalue weighted by Crippen LogP contribution is -2.60. The number of carbonyl (C=O) groups is 3. The van der Waals surface area contributed by atoms with E-state index in [0.29, 0.717) is 17.4 Å². The van der Waals surface area contributed by atoms with Crippen LogP contribution in [0.2, 0.25) is 0 Å². The highest BCUT2D eigenvalue weighted by Crippen LogP contribution is 2.56. The number of hydrogen-bond acceptors (Lipinski definition) is 3. The molecule has 150 valence electrons. The second kappa shape index (κ2) is 6.71. The zero-order chi connectivity index (χ0) is 20.1. The Bertz CT molecular complexity index is 793. The van der Waals surface area contributed by atoms with E-state index < -0.39 is 5.54 Å². The SMILES string of the molecule is CN1C(=O)N(CC(=O)c2ccccc2)C(=O)C1(C)C1(C)C[C@@H]2CCC[C@@H](C2)C1. The summed E-state index contributed by atoms with van der Waals surface area (Å²) in [6, 6.07) is 8.51. The van der Waals surface area contributed by atoms with Crippen LogP contribution in [-0.2, 0) is 4.79 Å². The molecule has 1 saturated heterocycles. The van der Waals surface area contributed by atoms with Gasteiger partial charge in [-0.05, 0) is 38.0 Å². The number of imide groups is 1. The maximum absolute atomic E-state index is 13.6. The number of nitrogens with zero attached hydrogens (tertiary/aromatic N) is 2. The van der Waals surface area contributed by atoms with Crippen molar-refractivity contribution in [3.05, 3.63) is 35.9 Å². The number of urea groups is 1. The minimum atomic E-state index is -0.894. The van der Waals surface area contributed by atoms with E-state index in [1.165, 1.54) is 30.6 Å². The van der Waals surface area contributed by atoms with Gasteiger partial charge in [0, 0.05) is 18.0 Å². The number of Topliss-reactive ketones (excluding diaryl/α,β-unsaturated/α-hetero) is 1. The van der Waals surface area contributed by atoms with Gasteiger partial charge in [0.05, 0.1) is 6.54 Å². The lowest BCUT2D eigenvalue weighted by Gasteiger charge is -2.53. The molecule has 1 aromatic rings. The van der Waals surface area contributed by atoms with E-state index in [0.717, 1.165) is 12.8 Å². The third-order valence-electron chi connectivity index (χ3n) is 7.79. The summed E-state index contributed by atoms with van der Waals surface area (Å²) < 4.78 is 0. The first-order chi connectivity index (χ1) is 13.3. The Kier molecular flexibility index (Phi) is 4.59. The average Bonchev–Trinajstić information content (AvgIpc) is 2.85. The Morgan fingerprint density at radius 2 is 1.68 bits per heavy atom. The molecular formula is C23H30N2O3. The number of fused-ring (bicyclic) bond motifs is 2. The maximum atomic E-state index is 13.6. The molecule has 5 nitrogen and oxygen atoms in total. The molecule has 2 bridgehead atoms. The van der Waals surface area contributed by atoms with Gasteiger partial charge in [0.15, 0.2) is 5.78 Å². The van der Waals surface area contributed by atoms with Crippen LogP contribution in [0.4, 0.5) is 4.79 Å². The van der Waals surface area contributed by atoms with Gasteiger partial charge >= 0.3 is 6.03 Å². The minimum absolute atomic E-state index is 0.190. The lowest BCUT2D eigenvalue weighted by atomic mass is 9.54. The highest BCUT2D eigenvalue weighted by molar-refractivity contribution is 6.11. The van der Waals surface area contributed by atoms with Crippen molar-refractivity contribution in [2.45, 2.75) is 57.9 Å². The van der Waals surface area contributed by atoms with Crippen molar-refractivity contribution in [1.82, 2.24) is 9.80 Å². The number of rotatable bonds is 4. The maximum Gasteiger partial charge on any atom is 0.327 e. The topological polar surface area (TPSA) is 57.7 Å². The smallest absolute Gasteiger partial charge is 0.312 e. The number of carbonyl (C=O) groups excluding carboxylic acids is 3. The van der Waals surface area contributed by atoms with Crippen LogP contribution in [0.25, 0.3) is 0 Å². The second-order valence-electron chi connectivity index (χ2n) is 9.46. The molecule has 4 rings (SSSR count). The molecule has 0 radical (unpaired) electrons. The fraction of sp³-hybridized carbons (Fsp3) is 0.609. The molecule has 3 aliphatic rings. The van der Waals surface area contributed by atoms with Crippen LogP contribution in [-0.4, -0.2) is 46.7 Å². The van der Waals surface area contributed by atoms with Crippen LogP contribution in [0.15, 0.2) is 30.3 Å². The number of benzene rings is 1. The van der Waals surface area contributed by atoms with Crippen LogP contribution in [0.5, 0.6) is 0 Å². The van der Waals surface area contributed by atoms with E-state index in [1.54, 1.807) is 36.2 Å². The first-order valence-corrected chi connectivity index (χ1v) is 10.4. The van der Waals surface area contributed by atoms with Gasteiger partial charge < -0.3 is 4.90 Å². The summed E-state index contributed by atoms with van der Waals surface area (Å²) in [6.45, 7) is 3.91. The molecular weight excluding hydrogens is 352 g/mol. The molecule has 0 aromatic heterocycles. The molecule has 0 spiro atoms. The van der Waals surface area contributed by atoms with Crippen molar-refractivity contribution in [3.8, 4) is 0 Å². The lowest BCUT2D eigenvalue weighted by molar-refractivity contribution is -0.142. The van der Waals surface area contributed by atoms with Crippen molar-refractivity contribution >= 4 is 17.7 Å². The Morgan fingerprint density at radius 3 is 2.29 bits per heavy atom. The summed E-state index contributed by atoms with van der Waals surface area (Å²) >= 11 is 0. The molecule has 2 unspecified atom stereocenters. The molecule has 1 heterocycles. The van der Waals surface area contributed by atoms with Gasteiger partial charge in [0.2, 0.25) is 0 Å². The monoisotopic (exact) mass is 382 g/mol. The van der Waals surface area contributed by atoms with Crippen LogP contribution in [0.3, 0.4) is 0 Å². The molecule has 4 atom stereocenters. The van der Waals surface area contributed by atoms with E-state index in [1.807, 2.05) is 13.0 Å². The summed E-state index contributed by atoms with van der Waals surface area (Å²) in [5.41, 5.74) is -0.625. The number of amides is 3. The number of ketones is 1. The first-order valence-electron chi connectivity index (χ1n) is 10.4. The summed E-state index contributed by atoms with van der Waals surface area (Å²) in [5.74, 6) is 0.869. The molecule has 3 fully saturated rings. The number of likely N-dealkylation sites (N-methyl/N-ethyl adjacent to an activating group) is 1. The first kappa shape index (κ1) is 19.2. The minimum Gasteiger partial charge on any atom is -0.312 e. The summed E-state index contributed by atoms with van der Waals surface area (Å²) in [4.78, 5) is 42.0. The molecule has 2 saturated carbocycles. The van der Waals surface area contributed by atoms with Crippen LogP contribution in [0, 0.1) is 17.3 Å². The van der Waals surface area contributed by atoms with E-state index in [-0.39, 0.29) is 29.7 Å². The van der Waals surface area contributed by atoms with Crippen molar-refractivity contribution < 1.29 is 14.4 Å². The highest BCUT2D eigenvalue weighted by atomic mass is 16.2. The molecule has 2 aliphatic carbocycles. The third kappa shape index (κ3) is 2.78.